The monoisotopic (exact) mass is 271 g/mol. The van der Waals surface area contributed by atoms with Gasteiger partial charge in [-0.3, -0.25) is 0 Å². The average molecular weight is 272 g/mol. The number of hydrogen-bond donors (Lipinski definition) is 1. The molecule has 0 spiro atoms. The molecule has 1 aromatic heterocycles. The van der Waals surface area contributed by atoms with Crippen LogP contribution in [-0.2, 0) is 0 Å². The van der Waals surface area contributed by atoms with Gasteiger partial charge in [-0.2, -0.15) is 4.98 Å². The molecule has 1 rings (SSSR count). The van der Waals surface area contributed by atoms with Crippen molar-refractivity contribution < 1.29 is 4.74 Å². The normalized spacial score (nSPS) is 12.6. The number of nitrogens with zero attached hydrogens (tertiary/aromatic N) is 2. The maximum atomic E-state index is 6.36. The lowest BCUT2D eigenvalue weighted by Crippen LogP contribution is -2.23. The van der Waals surface area contributed by atoms with Crippen molar-refractivity contribution in [1.29, 1.82) is 0 Å². The summed E-state index contributed by atoms with van der Waals surface area (Å²) in [5, 5.41) is 3.27. The van der Waals surface area contributed by atoms with Crippen LogP contribution in [0.5, 0.6) is 5.88 Å². The SMILES string of the molecule is CCC(CC)C(Cl)CNc1nc(C)cc(OC)n1. The third-order valence-corrected chi connectivity index (χ3v) is 3.57. The molecule has 1 unspecified atom stereocenters. The zero-order valence-electron chi connectivity index (χ0n) is 11.5. The molecule has 5 heteroatoms. The van der Waals surface area contributed by atoms with Crippen LogP contribution in [0.15, 0.2) is 6.07 Å². The second kappa shape index (κ2) is 7.41. The van der Waals surface area contributed by atoms with E-state index in [1.165, 1.54) is 0 Å². The lowest BCUT2D eigenvalue weighted by molar-refractivity contribution is 0.397. The van der Waals surface area contributed by atoms with Crippen LogP contribution in [0, 0.1) is 12.8 Å². The van der Waals surface area contributed by atoms with Crippen LogP contribution in [0.1, 0.15) is 32.4 Å². The Morgan fingerprint density at radius 2 is 2.00 bits per heavy atom. The first kappa shape index (κ1) is 15.0. The number of alkyl halides is 1. The summed E-state index contributed by atoms with van der Waals surface area (Å²) in [4.78, 5) is 8.54. The van der Waals surface area contributed by atoms with Gasteiger partial charge in [0.25, 0.3) is 0 Å². The van der Waals surface area contributed by atoms with Crippen molar-refractivity contribution in [2.75, 3.05) is 19.0 Å². The Bertz CT molecular complexity index is 369. The molecule has 1 heterocycles. The van der Waals surface area contributed by atoms with Crippen molar-refractivity contribution in [3.05, 3.63) is 11.8 Å². The lowest BCUT2D eigenvalue weighted by atomic mass is 9.99. The smallest absolute Gasteiger partial charge is 0.226 e. The minimum Gasteiger partial charge on any atom is -0.481 e. The summed E-state index contributed by atoms with van der Waals surface area (Å²) in [6.07, 6.45) is 2.18. The summed E-state index contributed by atoms with van der Waals surface area (Å²) in [5.41, 5.74) is 0.873. The van der Waals surface area contributed by atoms with Crippen molar-refractivity contribution in [2.24, 2.45) is 5.92 Å². The molecule has 18 heavy (non-hydrogen) atoms. The fourth-order valence-electron chi connectivity index (χ4n) is 1.88. The van der Waals surface area contributed by atoms with E-state index in [0.717, 1.165) is 18.5 Å². The maximum Gasteiger partial charge on any atom is 0.226 e. The van der Waals surface area contributed by atoms with Gasteiger partial charge in [-0.15, -0.1) is 11.6 Å². The predicted molar refractivity (Wildman–Crippen MR) is 75.5 cm³/mol. The van der Waals surface area contributed by atoms with Gasteiger partial charge in [0.2, 0.25) is 11.8 Å². The van der Waals surface area contributed by atoms with Crippen LogP contribution >= 0.6 is 11.6 Å². The Kier molecular flexibility index (Phi) is 6.19. The molecule has 0 saturated heterocycles. The molecule has 0 fully saturated rings. The first-order valence-corrected chi connectivity index (χ1v) is 6.81. The van der Waals surface area contributed by atoms with Crippen molar-refractivity contribution in [1.82, 2.24) is 9.97 Å². The first-order valence-electron chi connectivity index (χ1n) is 6.38. The zero-order valence-corrected chi connectivity index (χ0v) is 12.3. The van der Waals surface area contributed by atoms with E-state index >= 15 is 0 Å². The summed E-state index contributed by atoms with van der Waals surface area (Å²) in [7, 11) is 1.60. The lowest BCUT2D eigenvalue weighted by Gasteiger charge is -2.19. The van der Waals surface area contributed by atoms with Crippen molar-refractivity contribution in [2.45, 2.75) is 39.0 Å². The van der Waals surface area contributed by atoms with Gasteiger partial charge in [0, 0.05) is 18.3 Å². The number of hydrogen-bond acceptors (Lipinski definition) is 4. The highest BCUT2D eigenvalue weighted by atomic mass is 35.5. The van der Waals surface area contributed by atoms with E-state index in [1.807, 2.05) is 6.92 Å². The van der Waals surface area contributed by atoms with Gasteiger partial charge in [0.1, 0.15) is 0 Å². The minimum atomic E-state index is 0.0927. The highest BCUT2D eigenvalue weighted by Gasteiger charge is 2.15. The summed E-state index contributed by atoms with van der Waals surface area (Å²) in [6, 6.07) is 1.80. The molecule has 102 valence electrons. The van der Waals surface area contributed by atoms with Crippen LogP contribution in [0.3, 0.4) is 0 Å². The van der Waals surface area contributed by atoms with E-state index in [9.17, 15) is 0 Å². The first-order chi connectivity index (χ1) is 8.60. The molecule has 0 bridgehead atoms. The molecule has 0 aliphatic heterocycles. The zero-order chi connectivity index (χ0) is 13.5. The number of ether oxygens (including phenoxy) is 1. The van der Waals surface area contributed by atoms with Gasteiger partial charge in [-0.05, 0) is 12.8 Å². The third kappa shape index (κ3) is 4.33. The molecule has 0 aliphatic rings. The van der Waals surface area contributed by atoms with E-state index < -0.39 is 0 Å². The van der Waals surface area contributed by atoms with Crippen LogP contribution in [0.2, 0.25) is 0 Å². The molecular formula is C13H22ClN3O. The number of nitrogens with one attached hydrogen (secondary N) is 1. The third-order valence-electron chi connectivity index (χ3n) is 3.06. The Morgan fingerprint density at radius 1 is 1.33 bits per heavy atom. The Hall–Kier alpha value is -1.03. The number of halogens is 1. The van der Waals surface area contributed by atoms with E-state index in [4.69, 9.17) is 16.3 Å². The largest absolute Gasteiger partial charge is 0.481 e. The standard InChI is InChI=1S/C13H22ClN3O/c1-5-10(6-2)11(14)8-15-13-16-9(3)7-12(17-13)18-4/h7,10-11H,5-6,8H2,1-4H3,(H,15,16,17). The molecule has 1 N–H and O–H groups in total. The number of aromatic nitrogens is 2. The number of methoxy groups -OCH3 is 1. The van der Waals surface area contributed by atoms with Gasteiger partial charge in [-0.1, -0.05) is 26.7 Å². The Labute approximate surface area is 114 Å². The molecule has 4 nitrogen and oxygen atoms in total. The fourth-order valence-corrected chi connectivity index (χ4v) is 2.31. The highest BCUT2D eigenvalue weighted by Crippen LogP contribution is 2.19. The summed E-state index contributed by atoms with van der Waals surface area (Å²) >= 11 is 6.36. The summed E-state index contributed by atoms with van der Waals surface area (Å²) in [6.45, 7) is 6.90. The van der Waals surface area contributed by atoms with Gasteiger partial charge >= 0.3 is 0 Å². The van der Waals surface area contributed by atoms with E-state index in [2.05, 4.69) is 29.1 Å². The highest BCUT2D eigenvalue weighted by molar-refractivity contribution is 6.21. The van der Waals surface area contributed by atoms with E-state index in [0.29, 0.717) is 24.3 Å². The average Bonchev–Trinajstić information content (AvgIpc) is 2.37. The molecule has 0 aliphatic carbocycles. The van der Waals surface area contributed by atoms with Gasteiger partial charge in [0.15, 0.2) is 0 Å². The molecule has 0 radical (unpaired) electrons. The maximum absolute atomic E-state index is 6.36. The van der Waals surface area contributed by atoms with Gasteiger partial charge in [-0.25, -0.2) is 4.98 Å². The van der Waals surface area contributed by atoms with E-state index in [-0.39, 0.29) is 5.38 Å². The van der Waals surface area contributed by atoms with E-state index in [1.54, 1.807) is 13.2 Å². The van der Waals surface area contributed by atoms with Crippen molar-refractivity contribution in [3.63, 3.8) is 0 Å². The predicted octanol–water partition coefficient (Wildman–Crippen LogP) is 3.25. The van der Waals surface area contributed by atoms with Crippen LogP contribution in [-0.4, -0.2) is 29.0 Å². The van der Waals surface area contributed by atoms with Crippen LogP contribution < -0.4 is 10.1 Å². The van der Waals surface area contributed by atoms with Crippen molar-refractivity contribution in [3.8, 4) is 5.88 Å². The van der Waals surface area contributed by atoms with Crippen molar-refractivity contribution >= 4 is 17.5 Å². The Morgan fingerprint density at radius 3 is 2.56 bits per heavy atom. The summed E-state index contributed by atoms with van der Waals surface area (Å²) in [5.74, 6) is 1.66. The molecule has 0 aromatic carbocycles. The van der Waals surface area contributed by atoms with Crippen LogP contribution in [0.25, 0.3) is 0 Å². The molecule has 1 atom stereocenters. The summed E-state index contributed by atoms with van der Waals surface area (Å²) < 4.78 is 5.11. The second-order valence-electron chi connectivity index (χ2n) is 4.35. The quantitative estimate of drug-likeness (QED) is 0.774. The van der Waals surface area contributed by atoms with Gasteiger partial charge < -0.3 is 10.1 Å². The molecular weight excluding hydrogens is 250 g/mol. The Balaban J connectivity index is 2.60. The second-order valence-corrected chi connectivity index (χ2v) is 4.91. The number of rotatable bonds is 7. The minimum absolute atomic E-state index is 0.0927. The van der Waals surface area contributed by atoms with Crippen LogP contribution in [0.4, 0.5) is 5.95 Å². The molecule has 0 saturated carbocycles. The molecule has 0 amide bonds. The topological polar surface area (TPSA) is 47.0 Å². The molecule has 1 aromatic rings. The fraction of sp³-hybridized carbons (Fsp3) is 0.692. The van der Waals surface area contributed by atoms with Gasteiger partial charge in [0.05, 0.1) is 12.5 Å². The number of anilines is 1. The number of aryl methyl sites for hydroxylation is 1.